The zero-order chi connectivity index (χ0) is 22.2. The lowest BCUT2D eigenvalue weighted by atomic mass is 9.95. The Morgan fingerprint density at radius 2 is 1.77 bits per heavy atom. The molecule has 3 heterocycles. The predicted molar refractivity (Wildman–Crippen MR) is 119 cm³/mol. The molecule has 4 rings (SSSR count). The first kappa shape index (κ1) is 21.1. The summed E-state index contributed by atoms with van der Waals surface area (Å²) in [6.45, 7) is 3.22. The fourth-order valence-corrected chi connectivity index (χ4v) is 3.10. The molecule has 0 fully saturated rings. The van der Waals surface area contributed by atoms with Crippen LogP contribution in [-0.2, 0) is 4.79 Å². The summed E-state index contributed by atoms with van der Waals surface area (Å²) in [5, 5.41) is 10.1. The number of hydrogen-bond donors (Lipinski definition) is 2. The van der Waals surface area contributed by atoms with Gasteiger partial charge >= 0.3 is 5.97 Å². The van der Waals surface area contributed by atoms with E-state index in [4.69, 9.17) is 33.0 Å². The van der Waals surface area contributed by atoms with Crippen LogP contribution in [0.4, 0.5) is 0 Å². The third-order valence-electron chi connectivity index (χ3n) is 4.75. The van der Waals surface area contributed by atoms with Gasteiger partial charge in [-0.25, -0.2) is 9.97 Å². The average Bonchev–Trinajstić information content (AvgIpc) is 3.16. The molecule has 0 radical (unpaired) electrons. The number of carboxylic acid groups (broad SMARTS) is 1. The van der Waals surface area contributed by atoms with E-state index >= 15 is 0 Å². The number of halogens is 2. The number of imidazole rings is 1. The molecule has 7 nitrogen and oxygen atoms in total. The van der Waals surface area contributed by atoms with Crippen molar-refractivity contribution in [1.29, 1.82) is 0 Å². The summed E-state index contributed by atoms with van der Waals surface area (Å²) in [6, 6.07) is 10.7. The number of carbonyl (C=O) groups is 1. The van der Waals surface area contributed by atoms with Crippen molar-refractivity contribution in [2.45, 2.75) is 13.8 Å². The molecular formula is C22H18Cl2N4O3. The quantitative estimate of drug-likeness (QED) is 0.398. The molecule has 0 atom stereocenters. The van der Waals surface area contributed by atoms with E-state index in [1.807, 2.05) is 18.2 Å². The number of aromatic nitrogens is 4. The molecule has 31 heavy (non-hydrogen) atoms. The lowest BCUT2D eigenvalue weighted by Crippen LogP contribution is -2.30. The van der Waals surface area contributed by atoms with Crippen molar-refractivity contribution in [3.63, 3.8) is 0 Å². The van der Waals surface area contributed by atoms with Crippen LogP contribution < -0.4 is 4.74 Å². The van der Waals surface area contributed by atoms with Crippen molar-refractivity contribution in [3.8, 4) is 28.5 Å². The Morgan fingerprint density at radius 1 is 1.06 bits per heavy atom. The number of carboxylic acids is 1. The maximum absolute atomic E-state index is 11.2. The number of ether oxygens (including phenoxy) is 1. The van der Waals surface area contributed by atoms with Crippen LogP contribution in [0.2, 0.25) is 10.0 Å². The number of hydrogen-bond acceptors (Lipinski definition) is 5. The highest BCUT2D eigenvalue weighted by Gasteiger charge is 2.28. The summed E-state index contributed by atoms with van der Waals surface area (Å²) in [5.74, 6) is 0.0913. The monoisotopic (exact) mass is 456 g/mol. The van der Waals surface area contributed by atoms with Gasteiger partial charge < -0.3 is 14.8 Å². The van der Waals surface area contributed by atoms with Crippen molar-refractivity contribution < 1.29 is 14.6 Å². The Kier molecular flexibility index (Phi) is 5.56. The Hall–Kier alpha value is -3.16. The van der Waals surface area contributed by atoms with E-state index in [0.717, 1.165) is 27.9 Å². The molecule has 0 aliphatic rings. The van der Waals surface area contributed by atoms with Gasteiger partial charge in [0.15, 0.2) is 0 Å². The number of fused-ring (bicyclic) bond motifs is 1. The molecule has 9 heteroatoms. The minimum atomic E-state index is -0.995. The molecule has 0 bridgehead atoms. The van der Waals surface area contributed by atoms with Gasteiger partial charge in [-0.05, 0) is 44.2 Å². The van der Waals surface area contributed by atoms with Crippen LogP contribution in [0.3, 0.4) is 0 Å². The van der Waals surface area contributed by atoms with E-state index in [1.54, 1.807) is 44.4 Å². The fraction of sp³-hybridized carbons (Fsp3) is 0.182. The molecule has 158 valence electrons. The van der Waals surface area contributed by atoms with Gasteiger partial charge in [-0.1, -0.05) is 23.2 Å². The molecule has 0 amide bonds. The van der Waals surface area contributed by atoms with Crippen molar-refractivity contribution in [1.82, 2.24) is 19.9 Å². The van der Waals surface area contributed by atoms with Crippen LogP contribution in [0.15, 0.2) is 48.8 Å². The maximum Gasteiger partial charge on any atom is 0.312 e. The molecule has 0 aliphatic heterocycles. The van der Waals surface area contributed by atoms with Gasteiger partial charge in [0.1, 0.15) is 12.4 Å². The number of nitrogens with one attached hydrogen (secondary N) is 1. The number of rotatable bonds is 6. The van der Waals surface area contributed by atoms with Crippen molar-refractivity contribution in [2.75, 3.05) is 6.61 Å². The minimum Gasteiger partial charge on any atom is -0.481 e. The highest BCUT2D eigenvalue weighted by Crippen LogP contribution is 2.29. The van der Waals surface area contributed by atoms with Crippen LogP contribution in [0.1, 0.15) is 13.8 Å². The lowest BCUT2D eigenvalue weighted by Gasteiger charge is -2.18. The third-order valence-corrected chi connectivity index (χ3v) is 5.47. The largest absolute Gasteiger partial charge is 0.481 e. The average molecular weight is 457 g/mol. The van der Waals surface area contributed by atoms with Crippen molar-refractivity contribution >= 4 is 40.2 Å². The second kappa shape index (κ2) is 8.17. The summed E-state index contributed by atoms with van der Waals surface area (Å²) >= 11 is 12.1. The Balaban J connectivity index is 1.50. The highest BCUT2D eigenvalue weighted by atomic mass is 35.5. The smallest absolute Gasteiger partial charge is 0.312 e. The number of aromatic amines is 1. The molecule has 4 aromatic rings. The van der Waals surface area contributed by atoms with E-state index in [-0.39, 0.29) is 6.61 Å². The van der Waals surface area contributed by atoms with Crippen molar-refractivity contribution in [3.05, 3.63) is 58.8 Å². The Bertz CT molecular complexity index is 1210. The van der Waals surface area contributed by atoms with Crippen LogP contribution in [0.25, 0.3) is 33.7 Å². The summed E-state index contributed by atoms with van der Waals surface area (Å²) in [6.07, 6.45) is 3.35. The summed E-state index contributed by atoms with van der Waals surface area (Å²) in [5.41, 5.74) is 2.87. The van der Waals surface area contributed by atoms with Crippen LogP contribution in [0, 0.1) is 5.41 Å². The number of pyridine rings is 2. The predicted octanol–water partition coefficient (Wildman–Crippen LogP) is 5.48. The minimum absolute atomic E-state index is 0.0234. The second-order valence-electron chi connectivity index (χ2n) is 7.66. The number of H-pyrrole nitrogens is 1. The van der Waals surface area contributed by atoms with E-state index in [2.05, 4.69) is 19.9 Å². The first-order valence-electron chi connectivity index (χ1n) is 9.37. The van der Waals surface area contributed by atoms with Gasteiger partial charge in [-0.3, -0.25) is 9.78 Å². The molecule has 0 unspecified atom stereocenters. The van der Waals surface area contributed by atoms with Gasteiger partial charge in [0.05, 0.1) is 32.2 Å². The third kappa shape index (κ3) is 4.47. The molecule has 0 saturated heterocycles. The van der Waals surface area contributed by atoms with Gasteiger partial charge in [0.25, 0.3) is 0 Å². The SMILES string of the molecule is CC(C)(COc1ccc(-c2ccc(-c3nc4cc(Cl)c(Cl)cc4[nH]3)cn2)cn1)C(=O)O. The van der Waals surface area contributed by atoms with Gasteiger partial charge in [0.2, 0.25) is 5.88 Å². The van der Waals surface area contributed by atoms with Crippen LogP contribution in [-0.4, -0.2) is 37.6 Å². The van der Waals surface area contributed by atoms with E-state index in [1.165, 1.54) is 0 Å². The lowest BCUT2D eigenvalue weighted by molar-refractivity contribution is -0.148. The van der Waals surface area contributed by atoms with E-state index < -0.39 is 11.4 Å². The second-order valence-corrected chi connectivity index (χ2v) is 8.48. The molecule has 0 saturated carbocycles. The highest BCUT2D eigenvalue weighted by molar-refractivity contribution is 6.42. The summed E-state index contributed by atoms with van der Waals surface area (Å²) in [4.78, 5) is 27.7. The summed E-state index contributed by atoms with van der Waals surface area (Å²) in [7, 11) is 0. The molecule has 0 aliphatic carbocycles. The normalized spacial score (nSPS) is 11.6. The van der Waals surface area contributed by atoms with Gasteiger partial charge in [-0.2, -0.15) is 0 Å². The first-order chi connectivity index (χ1) is 14.7. The topological polar surface area (TPSA) is 101 Å². The Labute approximate surface area is 188 Å². The van der Waals surface area contributed by atoms with Crippen molar-refractivity contribution in [2.24, 2.45) is 5.41 Å². The number of aliphatic carboxylic acids is 1. The van der Waals surface area contributed by atoms with Gasteiger partial charge in [0, 0.05) is 29.6 Å². The summed E-state index contributed by atoms with van der Waals surface area (Å²) < 4.78 is 5.50. The standard InChI is InChI=1S/C22H18Cl2N4O3/c1-22(2,21(29)30)11-31-19-6-4-12(9-26-19)16-5-3-13(10-25-16)20-27-17-7-14(23)15(24)8-18(17)28-20/h3-10H,11H2,1-2H3,(H,27,28)(H,29,30). The molecular weight excluding hydrogens is 439 g/mol. The van der Waals surface area contributed by atoms with Gasteiger partial charge in [-0.15, -0.1) is 0 Å². The zero-order valence-corrected chi connectivity index (χ0v) is 18.2. The molecule has 0 spiro atoms. The Morgan fingerprint density at radius 3 is 2.42 bits per heavy atom. The molecule has 1 aromatic carbocycles. The van der Waals surface area contributed by atoms with E-state index in [0.29, 0.717) is 21.7 Å². The molecule has 3 aromatic heterocycles. The maximum atomic E-state index is 11.2. The number of nitrogens with zero attached hydrogens (tertiary/aromatic N) is 3. The fourth-order valence-electron chi connectivity index (χ4n) is 2.78. The zero-order valence-electron chi connectivity index (χ0n) is 16.7. The van der Waals surface area contributed by atoms with Crippen LogP contribution in [0.5, 0.6) is 5.88 Å². The van der Waals surface area contributed by atoms with Crippen LogP contribution >= 0.6 is 23.2 Å². The first-order valence-corrected chi connectivity index (χ1v) is 10.1. The number of benzene rings is 1. The molecule has 2 N–H and O–H groups in total. The van der Waals surface area contributed by atoms with E-state index in [9.17, 15) is 4.79 Å².